The maximum Gasteiger partial charge on any atom is 0.330 e. The molecule has 1 aliphatic rings. The fourth-order valence-electron chi connectivity index (χ4n) is 2.39. The third-order valence-electron chi connectivity index (χ3n) is 3.49. The molecule has 20 heavy (non-hydrogen) atoms. The Morgan fingerprint density at radius 2 is 2.20 bits per heavy atom. The van der Waals surface area contributed by atoms with Gasteiger partial charge in [0.25, 0.3) is 0 Å². The number of unbranched alkanes of at least 4 members (excludes halogenated alkanes) is 3. The number of ether oxygens (including phenoxy) is 2. The lowest BCUT2D eigenvalue weighted by Gasteiger charge is -2.25. The van der Waals surface area contributed by atoms with Crippen molar-refractivity contribution >= 4 is 5.97 Å². The summed E-state index contributed by atoms with van der Waals surface area (Å²) in [5.41, 5.74) is 0. The summed E-state index contributed by atoms with van der Waals surface area (Å²) in [4.78, 5) is 15.8. The second-order valence-corrected chi connectivity index (χ2v) is 5.12. The van der Waals surface area contributed by atoms with Gasteiger partial charge >= 0.3 is 5.97 Å². The molecule has 1 N–H and O–H groups in total. The molecule has 1 heterocycles. The van der Waals surface area contributed by atoms with Crippen molar-refractivity contribution in [1.29, 1.82) is 0 Å². The molecule has 2 unspecified atom stereocenters. The lowest BCUT2D eigenvalue weighted by atomic mass is 10.0. The van der Waals surface area contributed by atoms with Gasteiger partial charge < -0.3 is 9.47 Å². The topological polar surface area (TPSA) is 65.0 Å². The van der Waals surface area contributed by atoms with Crippen molar-refractivity contribution in [3.8, 4) is 0 Å². The smallest absolute Gasteiger partial charge is 0.330 e. The Morgan fingerprint density at radius 1 is 1.40 bits per heavy atom. The van der Waals surface area contributed by atoms with Crippen LogP contribution >= 0.6 is 0 Å². The van der Waals surface area contributed by atoms with Crippen LogP contribution in [0.5, 0.6) is 0 Å². The van der Waals surface area contributed by atoms with E-state index < -0.39 is 5.79 Å². The molecule has 0 aromatic rings. The Morgan fingerprint density at radius 3 is 2.85 bits per heavy atom. The third-order valence-corrected chi connectivity index (χ3v) is 3.49. The second kappa shape index (κ2) is 9.10. The summed E-state index contributed by atoms with van der Waals surface area (Å²) in [6.07, 6.45) is 9.27. The molecule has 5 nitrogen and oxygen atoms in total. The van der Waals surface area contributed by atoms with Gasteiger partial charge in [-0.1, -0.05) is 26.2 Å². The van der Waals surface area contributed by atoms with Crippen molar-refractivity contribution in [2.24, 2.45) is 0 Å². The van der Waals surface area contributed by atoms with Gasteiger partial charge in [-0.3, -0.25) is 0 Å². The average molecular weight is 286 g/mol. The van der Waals surface area contributed by atoms with Crippen LogP contribution in [0.25, 0.3) is 0 Å². The summed E-state index contributed by atoms with van der Waals surface area (Å²) in [6.45, 7) is 4.27. The Bertz CT molecular complexity index is 315. The molecule has 1 fully saturated rings. The predicted molar refractivity (Wildman–Crippen MR) is 75.1 cm³/mol. The number of carbonyl (C=O) groups excluding carboxylic acids is 1. The summed E-state index contributed by atoms with van der Waals surface area (Å²) >= 11 is 0. The minimum absolute atomic E-state index is 0.210. The van der Waals surface area contributed by atoms with E-state index >= 15 is 0 Å². The monoisotopic (exact) mass is 286 g/mol. The first-order chi connectivity index (χ1) is 9.65. The van der Waals surface area contributed by atoms with Crippen LogP contribution in [0.2, 0.25) is 0 Å². The van der Waals surface area contributed by atoms with Gasteiger partial charge in [-0.25, -0.2) is 14.9 Å². The predicted octanol–water partition coefficient (Wildman–Crippen LogP) is 3.44. The fourth-order valence-corrected chi connectivity index (χ4v) is 2.39. The molecule has 1 saturated heterocycles. The fraction of sp³-hybridized carbons (Fsp3) is 0.800. The van der Waals surface area contributed by atoms with Crippen molar-refractivity contribution in [1.82, 2.24) is 0 Å². The standard InChI is InChI=1S/C15H26O5/c1-3-5-6-7-11-15(20-17)12-10-13(19-15)8-9-14(16)18-4-2/h8-9,13,17H,3-7,10-12H2,1-2H3/b9-8+. The number of esters is 1. The first-order valence-corrected chi connectivity index (χ1v) is 7.51. The van der Waals surface area contributed by atoms with Gasteiger partial charge in [0.1, 0.15) is 0 Å². The van der Waals surface area contributed by atoms with E-state index in [1.165, 1.54) is 18.9 Å². The average Bonchev–Trinajstić information content (AvgIpc) is 2.86. The summed E-state index contributed by atoms with van der Waals surface area (Å²) in [5.74, 6) is -1.28. The highest BCUT2D eigenvalue weighted by atomic mass is 17.1. The molecule has 1 rings (SSSR count). The van der Waals surface area contributed by atoms with Crippen LogP contribution in [0.15, 0.2) is 12.2 Å². The van der Waals surface area contributed by atoms with Crippen molar-refractivity contribution in [2.45, 2.75) is 70.7 Å². The van der Waals surface area contributed by atoms with E-state index in [4.69, 9.17) is 14.7 Å². The quantitative estimate of drug-likeness (QED) is 0.231. The molecule has 0 saturated carbocycles. The van der Waals surface area contributed by atoms with Crippen LogP contribution in [0, 0.1) is 0 Å². The molecule has 0 aromatic carbocycles. The first kappa shape index (κ1) is 17.1. The number of rotatable bonds is 9. The third kappa shape index (κ3) is 5.61. The van der Waals surface area contributed by atoms with Crippen LogP contribution in [-0.4, -0.2) is 29.7 Å². The Balaban J connectivity index is 2.39. The lowest BCUT2D eigenvalue weighted by Crippen LogP contribution is -2.31. The number of carbonyl (C=O) groups is 1. The van der Waals surface area contributed by atoms with Crippen molar-refractivity contribution < 1.29 is 24.4 Å². The molecule has 0 aromatic heterocycles. The minimum Gasteiger partial charge on any atom is -0.463 e. The summed E-state index contributed by atoms with van der Waals surface area (Å²) < 4.78 is 10.6. The second-order valence-electron chi connectivity index (χ2n) is 5.12. The number of hydrogen-bond donors (Lipinski definition) is 1. The van der Waals surface area contributed by atoms with Crippen LogP contribution < -0.4 is 0 Å². The van der Waals surface area contributed by atoms with E-state index in [9.17, 15) is 4.79 Å². The van der Waals surface area contributed by atoms with Gasteiger partial charge in [0, 0.05) is 18.9 Å². The van der Waals surface area contributed by atoms with Crippen molar-refractivity contribution in [3.63, 3.8) is 0 Å². The van der Waals surface area contributed by atoms with Crippen molar-refractivity contribution in [3.05, 3.63) is 12.2 Å². The SMILES string of the molecule is CCCCCCC1(OO)CCC(/C=C/C(=O)OCC)O1. The molecule has 5 heteroatoms. The summed E-state index contributed by atoms with van der Waals surface area (Å²) in [5, 5.41) is 9.11. The van der Waals surface area contributed by atoms with E-state index in [2.05, 4.69) is 11.8 Å². The molecule has 1 aliphatic heterocycles. The summed E-state index contributed by atoms with van der Waals surface area (Å²) in [6, 6.07) is 0. The van der Waals surface area contributed by atoms with Gasteiger partial charge in [0.05, 0.1) is 12.7 Å². The molecule has 0 aliphatic carbocycles. The van der Waals surface area contributed by atoms with Gasteiger partial charge in [-0.2, -0.15) is 0 Å². The van der Waals surface area contributed by atoms with E-state index in [0.29, 0.717) is 19.4 Å². The Kier molecular flexibility index (Phi) is 7.80. The number of hydrogen-bond acceptors (Lipinski definition) is 5. The maximum absolute atomic E-state index is 11.2. The highest BCUT2D eigenvalue weighted by Gasteiger charge is 2.40. The van der Waals surface area contributed by atoms with Crippen LogP contribution in [-0.2, 0) is 19.2 Å². The van der Waals surface area contributed by atoms with Crippen LogP contribution in [0.3, 0.4) is 0 Å². The van der Waals surface area contributed by atoms with E-state index in [1.807, 2.05) is 0 Å². The molecule has 0 bridgehead atoms. The summed E-state index contributed by atoms with van der Waals surface area (Å²) in [7, 11) is 0. The normalized spacial score (nSPS) is 26.2. The van der Waals surface area contributed by atoms with Gasteiger partial charge in [-0.15, -0.1) is 0 Å². The zero-order chi connectivity index (χ0) is 14.8. The Hall–Kier alpha value is -0.910. The lowest BCUT2D eigenvalue weighted by molar-refractivity contribution is -0.398. The molecular weight excluding hydrogens is 260 g/mol. The minimum atomic E-state index is -0.905. The highest BCUT2D eigenvalue weighted by Crippen LogP contribution is 2.35. The zero-order valence-electron chi connectivity index (χ0n) is 12.5. The maximum atomic E-state index is 11.2. The highest BCUT2D eigenvalue weighted by molar-refractivity contribution is 5.81. The van der Waals surface area contributed by atoms with Crippen molar-refractivity contribution in [2.75, 3.05) is 6.61 Å². The molecule has 2 atom stereocenters. The Labute approximate surface area is 120 Å². The first-order valence-electron chi connectivity index (χ1n) is 7.51. The molecule has 0 spiro atoms. The van der Waals surface area contributed by atoms with Gasteiger partial charge in [-0.05, 0) is 25.8 Å². The van der Waals surface area contributed by atoms with Crippen LogP contribution in [0.4, 0.5) is 0 Å². The van der Waals surface area contributed by atoms with E-state index in [-0.39, 0.29) is 12.1 Å². The molecule has 0 amide bonds. The largest absolute Gasteiger partial charge is 0.463 e. The van der Waals surface area contributed by atoms with Crippen LogP contribution in [0.1, 0.15) is 58.8 Å². The van der Waals surface area contributed by atoms with Gasteiger partial charge in [0.2, 0.25) is 5.79 Å². The molecule has 116 valence electrons. The zero-order valence-corrected chi connectivity index (χ0v) is 12.5. The molecular formula is C15H26O5. The van der Waals surface area contributed by atoms with Gasteiger partial charge in [0.15, 0.2) is 0 Å². The molecule has 0 radical (unpaired) electrons. The van der Waals surface area contributed by atoms with E-state index in [1.54, 1.807) is 13.0 Å². The van der Waals surface area contributed by atoms with E-state index in [0.717, 1.165) is 19.3 Å².